The Kier molecular flexibility index (Phi) is 6.75. The van der Waals surface area contributed by atoms with Crippen molar-refractivity contribution in [3.8, 4) is 22.3 Å². The average molecular weight is 803 g/mol. The van der Waals surface area contributed by atoms with Gasteiger partial charge in [-0.25, -0.2) is 0 Å². The van der Waals surface area contributed by atoms with Crippen molar-refractivity contribution in [3.05, 3.63) is 167 Å². The molecule has 7 aromatic rings. The van der Waals surface area contributed by atoms with E-state index in [1.165, 1.54) is 112 Å². The van der Waals surface area contributed by atoms with E-state index in [-0.39, 0.29) is 35.6 Å². The maximum atomic E-state index is 2.70. The number of anilines is 8. The second-order valence-corrected chi connectivity index (χ2v) is 21.8. The van der Waals surface area contributed by atoms with Gasteiger partial charge in [0.25, 0.3) is 0 Å². The second kappa shape index (κ2) is 11.5. The van der Waals surface area contributed by atoms with Crippen LogP contribution in [0, 0.1) is 0 Å². The van der Waals surface area contributed by atoms with E-state index in [1.807, 2.05) is 0 Å². The molecule has 4 nitrogen and oxygen atoms in total. The summed E-state index contributed by atoms with van der Waals surface area (Å²) < 4.78 is 0. The molecule has 0 N–H and O–H groups in total. The molecular formula is C56H52B2N4. The highest BCUT2D eigenvalue weighted by Crippen LogP contribution is 2.62. The first-order valence-electron chi connectivity index (χ1n) is 22.7. The molecule has 7 aromatic carbocycles. The summed E-state index contributed by atoms with van der Waals surface area (Å²) in [6.45, 7) is 23.7. The quantitative estimate of drug-likeness (QED) is 0.142. The van der Waals surface area contributed by atoms with E-state index in [1.54, 1.807) is 0 Å². The van der Waals surface area contributed by atoms with Crippen LogP contribution in [0.4, 0.5) is 45.5 Å². The number of hydrogen-bond acceptors (Lipinski definition) is 4. The van der Waals surface area contributed by atoms with Gasteiger partial charge in [0.2, 0.25) is 0 Å². The Balaban J connectivity index is 1.16. The highest BCUT2D eigenvalue weighted by molar-refractivity contribution is 6.88. The summed E-state index contributed by atoms with van der Waals surface area (Å²) in [5.41, 5.74) is 26.1. The Morgan fingerprint density at radius 3 is 1.08 bits per heavy atom. The van der Waals surface area contributed by atoms with Crippen molar-refractivity contribution in [1.29, 1.82) is 0 Å². The van der Waals surface area contributed by atoms with Gasteiger partial charge in [-0.3, -0.25) is 0 Å². The molecule has 0 aromatic heterocycles. The second-order valence-electron chi connectivity index (χ2n) is 21.8. The highest BCUT2D eigenvalue weighted by atomic mass is 15.3. The molecule has 6 aliphatic heterocycles. The predicted octanol–water partition coefficient (Wildman–Crippen LogP) is 12.9. The number of hydrogen-bond donors (Lipinski definition) is 0. The van der Waals surface area contributed by atoms with Crippen LogP contribution in [0.25, 0.3) is 22.3 Å². The lowest BCUT2D eigenvalue weighted by atomic mass is 9.56. The topological polar surface area (TPSA) is 13.0 Å². The Morgan fingerprint density at radius 2 is 0.694 bits per heavy atom. The number of rotatable bonds is 0. The summed E-state index contributed by atoms with van der Waals surface area (Å²) in [5, 5.41) is 0. The molecule has 0 saturated carbocycles. The van der Waals surface area contributed by atoms with Gasteiger partial charge in [0, 0.05) is 44.7 Å². The van der Waals surface area contributed by atoms with Gasteiger partial charge in [-0.1, -0.05) is 154 Å². The maximum absolute atomic E-state index is 2.70. The largest absolute Gasteiger partial charge is 0.421 e. The molecule has 13 rings (SSSR count). The van der Waals surface area contributed by atoms with Crippen molar-refractivity contribution in [2.45, 2.75) is 90.9 Å². The lowest BCUT2D eigenvalue weighted by Crippen LogP contribution is -2.57. The van der Waals surface area contributed by atoms with Gasteiger partial charge in [0.1, 0.15) is 0 Å². The van der Waals surface area contributed by atoms with Gasteiger partial charge in [-0.2, -0.15) is 0 Å². The summed E-state index contributed by atoms with van der Waals surface area (Å²) in [4.78, 5) is 10.8. The fourth-order valence-electron chi connectivity index (χ4n) is 12.5. The van der Waals surface area contributed by atoms with Crippen LogP contribution in [0.5, 0.6) is 0 Å². The molecule has 0 radical (unpaired) electrons. The maximum Gasteiger partial charge on any atom is 0.421 e. The van der Waals surface area contributed by atoms with Crippen LogP contribution in [0.1, 0.15) is 103 Å². The molecule has 0 spiro atoms. The first kappa shape index (κ1) is 36.5. The Bertz CT molecular complexity index is 2950. The number of fused-ring (bicyclic) bond motifs is 16. The number of benzene rings is 7. The summed E-state index contributed by atoms with van der Waals surface area (Å²) in [6, 6.07) is 52.4. The van der Waals surface area contributed by atoms with Crippen molar-refractivity contribution in [2.24, 2.45) is 0 Å². The van der Waals surface area contributed by atoms with Crippen molar-refractivity contribution in [1.82, 2.24) is 0 Å². The minimum Gasteiger partial charge on any atom is -0.360 e. The molecular weight excluding hydrogens is 750 g/mol. The SMILES string of the molecule is CC(C)(C)c1ccc2c(c1)-c1cccc3c1B1N2c2cc4c(cc2N1c1ccccc1C3(C)C)N1B2c3c(cccc3C(C)(C)c3ccccc3N24)-c2cc(C(C)(C)C)ccc21. The monoisotopic (exact) mass is 802 g/mol. The van der Waals surface area contributed by atoms with E-state index in [0.717, 1.165) is 0 Å². The van der Waals surface area contributed by atoms with Crippen LogP contribution in [-0.2, 0) is 21.7 Å². The highest BCUT2D eigenvalue weighted by Gasteiger charge is 2.57. The lowest BCUT2D eigenvalue weighted by Gasteiger charge is -2.38. The predicted molar refractivity (Wildman–Crippen MR) is 264 cm³/mol. The summed E-state index contributed by atoms with van der Waals surface area (Å²) >= 11 is 0. The van der Waals surface area contributed by atoms with E-state index in [2.05, 4.69) is 222 Å². The van der Waals surface area contributed by atoms with Crippen molar-refractivity contribution in [2.75, 3.05) is 19.2 Å². The Hall–Kier alpha value is -6.13. The molecule has 0 atom stereocenters. The van der Waals surface area contributed by atoms with Gasteiger partial charge in [0.15, 0.2) is 0 Å². The van der Waals surface area contributed by atoms with E-state index in [0.29, 0.717) is 0 Å². The van der Waals surface area contributed by atoms with Gasteiger partial charge in [0.05, 0.1) is 22.7 Å². The lowest BCUT2D eigenvalue weighted by molar-refractivity contribution is 0.590. The normalized spacial score (nSPS) is 17.3. The third-order valence-electron chi connectivity index (χ3n) is 15.7. The average Bonchev–Trinajstić information content (AvgIpc) is 3.71. The van der Waals surface area contributed by atoms with Crippen LogP contribution in [-0.4, -0.2) is 14.0 Å². The first-order valence-corrected chi connectivity index (χ1v) is 22.7. The minimum absolute atomic E-state index is 0.0145. The minimum atomic E-state index is -0.222. The third kappa shape index (κ3) is 4.36. The zero-order chi connectivity index (χ0) is 42.6. The van der Waals surface area contributed by atoms with E-state index in [9.17, 15) is 0 Å². The van der Waals surface area contributed by atoms with Crippen LogP contribution in [0.3, 0.4) is 0 Å². The molecule has 6 heterocycles. The fourth-order valence-corrected chi connectivity index (χ4v) is 12.5. The Labute approximate surface area is 368 Å². The Morgan fingerprint density at radius 1 is 0.339 bits per heavy atom. The number of para-hydroxylation sites is 2. The van der Waals surface area contributed by atoms with Crippen LogP contribution in [0.15, 0.2) is 133 Å². The van der Waals surface area contributed by atoms with Crippen molar-refractivity contribution >= 4 is 70.4 Å². The van der Waals surface area contributed by atoms with Gasteiger partial charge < -0.3 is 19.2 Å². The van der Waals surface area contributed by atoms with Crippen molar-refractivity contribution in [3.63, 3.8) is 0 Å². The van der Waals surface area contributed by atoms with Gasteiger partial charge in [-0.15, -0.1) is 0 Å². The zero-order valence-corrected chi connectivity index (χ0v) is 37.6. The van der Waals surface area contributed by atoms with Crippen LogP contribution >= 0.6 is 0 Å². The molecule has 0 bridgehead atoms. The van der Waals surface area contributed by atoms with E-state index < -0.39 is 0 Å². The first-order chi connectivity index (χ1) is 29.6. The van der Waals surface area contributed by atoms with Crippen LogP contribution < -0.4 is 30.2 Å². The summed E-state index contributed by atoms with van der Waals surface area (Å²) in [7, 11) is 0. The van der Waals surface area contributed by atoms with Crippen LogP contribution in [0.2, 0.25) is 0 Å². The van der Waals surface area contributed by atoms with E-state index >= 15 is 0 Å². The smallest absolute Gasteiger partial charge is 0.360 e. The summed E-state index contributed by atoms with van der Waals surface area (Å²) in [6.07, 6.45) is 0. The molecule has 0 aliphatic carbocycles. The molecule has 0 fully saturated rings. The molecule has 6 aliphatic rings. The third-order valence-corrected chi connectivity index (χ3v) is 15.7. The molecule has 0 amide bonds. The standard InChI is InChI=1S/C56H52B2N4/c1-53(2,3)33-25-27-43-37(29-33)35-17-15-21-41-51(35)57-59(43)47-31-50-48(32-49(47)61(57)45-23-13-11-19-39(45)55(41,7)8)60-44-28-26-34(54(4,5)6)30-38(44)36-18-16-22-42-52(36)58(60)62(50)46-24-14-12-20-40(46)56(42,9)10/h11-32H,1-10H3. The van der Waals surface area contributed by atoms with Gasteiger partial charge >= 0.3 is 14.0 Å². The molecule has 0 unspecified atom stereocenters. The summed E-state index contributed by atoms with van der Waals surface area (Å²) in [5.74, 6) is 0. The van der Waals surface area contributed by atoms with E-state index in [4.69, 9.17) is 0 Å². The molecule has 6 heteroatoms. The van der Waals surface area contributed by atoms with Crippen molar-refractivity contribution < 1.29 is 0 Å². The molecule has 0 saturated heterocycles. The molecule has 62 heavy (non-hydrogen) atoms. The zero-order valence-electron chi connectivity index (χ0n) is 37.6. The fraction of sp³-hybridized carbons (Fsp3) is 0.250. The van der Waals surface area contributed by atoms with Gasteiger partial charge in [-0.05, 0) is 115 Å². The number of nitrogens with zero attached hydrogens (tertiary/aromatic N) is 4. The molecule has 302 valence electrons.